The number of anilines is 3. The van der Waals surface area contributed by atoms with Gasteiger partial charge in [0.2, 0.25) is 0 Å². The van der Waals surface area contributed by atoms with E-state index in [1.54, 1.807) is 25.3 Å². The third kappa shape index (κ3) is 4.50. The third-order valence-corrected chi connectivity index (χ3v) is 4.15. The van der Waals surface area contributed by atoms with Crippen LogP contribution in [-0.4, -0.2) is 30.1 Å². The van der Waals surface area contributed by atoms with Crippen LogP contribution in [0, 0.1) is 6.92 Å². The first kappa shape index (κ1) is 19.4. The highest BCUT2D eigenvalue weighted by molar-refractivity contribution is 6.31. The number of benzene rings is 2. The molecule has 28 heavy (non-hydrogen) atoms. The zero-order valence-electron chi connectivity index (χ0n) is 15.6. The van der Waals surface area contributed by atoms with Gasteiger partial charge < -0.3 is 20.1 Å². The van der Waals surface area contributed by atoms with E-state index in [4.69, 9.17) is 21.1 Å². The predicted molar refractivity (Wildman–Crippen MR) is 109 cm³/mol. The lowest BCUT2D eigenvalue weighted by Gasteiger charge is -2.12. The molecule has 0 aliphatic heterocycles. The number of nitrogens with one attached hydrogen (secondary N) is 2. The topological polar surface area (TPSA) is 85.4 Å². The summed E-state index contributed by atoms with van der Waals surface area (Å²) >= 11 is 5.98. The number of carbonyl (C=O) groups excluding carboxylic acids is 1. The Kier molecular flexibility index (Phi) is 5.96. The number of halogens is 1. The van der Waals surface area contributed by atoms with E-state index in [9.17, 15) is 4.79 Å². The Bertz CT molecular complexity index is 993. The number of aromatic nitrogens is 2. The Morgan fingerprint density at radius 3 is 2.36 bits per heavy atom. The van der Waals surface area contributed by atoms with Crippen LogP contribution in [0.4, 0.5) is 17.2 Å². The number of hydrogen-bond acceptors (Lipinski definition) is 6. The van der Waals surface area contributed by atoms with E-state index in [0.29, 0.717) is 28.0 Å². The predicted octanol–water partition coefficient (Wildman–Crippen LogP) is 4.45. The van der Waals surface area contributed by atoms with E-state index >= 15 is 0 Å². The van der Waals surface area contributed by atoms with Gasteiger partial charge in [-0.05, 0) is 42.8 Å². The molecule has 3 aromatic rings. The number of methoxy groups -OCH3 is 2. The number of hydrogen-bond donors (Lipinski definition) is 2. The van der Waals surface area contributed by atoms with Gasteiger partial charge >= 0.3 is 0 Å². The molecule has 2 aromatic carbocycles. The molecule has 144 valence electrons. The molecule has 1 heterocycles. The molecule has 1 amide bonds. The second kappa shape index (κ2) is 8.58. The standard InChI is InChI=1S/C20H19ClN4O3/c1-12-4-6-17(27-2)14(8-12)24-19-11-22-16(10-23-19)20(26)25-15-9-13(21)5-7-18(15)28-3/h4-11H,1-3H3,(H,23,24)(H,25,26). The molecule has 3 rings (SSSR count). The van der Waals surface area contributed by atoms with E-state index in [-0.39, 0.29) is 5.69 Å². The molecule has 1 aromatic heterocycles. The summed E-state index contributed by atoms with van der Waals surface area (Å²) in [6.07, 6.45) is 2.86. The zero-order chi connectivity index (χ0) is 20.1. The van der Waals surface area contributed by atoms with E-state index < -0.39 is 5.91 Å². The highest BCUT2D eigenvalue weighted by Crippen LogP contribution is 2.29. The maximum absolute atomic E-state index is 12.5. The van der Waals surface area contributed by atoms with Gasteiger partial charge in [-0.3, -0.25) is 4.79 Å². The van der Waals surface area contributed by atoms with Crippen LogP contribution in [0.5, 0.6) is 11.5 Å². The Hall–Kier alpha value is -3.32. The van der Waals surface area contributed by atoms with Gasteiger partial charge in [-0.2, -0.15) is 0 Å². The normalized spacial score (nSPS) is 10.3. The minimum Gasteiger partial charge on any atom is -0.495 e. The molecule has 0 saturated heterocycles. The summed E-state index contributed by atoms with van der Waals surface area (Å²) in [7, 11) is 3.11. The van der Waals surface area contributed by atoms with Crippen molar-refractivity contribution in [1.29, 1.82) is 0 Å². The van der Waals surface area contributed by atoms with Crippen molar-refractivity contribution in [2.45, 2.75) is 6.92 Å². The second-order valence-electron chi connectivity index (χ2n) is 5.91. The summed E-state index contributed by atoms with van der Waals surface area (Å²) in [6, 6.07) is 10.7. The van der Waals surface area contributed by atoms with Crippen LogP contribution < -0.4 is 20.1 Å². The molecule has 0 aliphatic rings. The van der Waals surface area contributed by atoms with Gasteiger partial charge in [0.25, 0.3) is 5.91 Å². The van der Waals surface area contributed by atoms with Gasteiger partial charge in [-0.1, -0.05) is 17.7 Å². The molecule has 0 atom stereocenters. The Labute approximate surface area is 167 Å². The molecule has 0 radical (unpaired) electrons. The van der Waals surface area contributed by atoms with Crippen LogP contribution in [-0.2, 0) is 0 Å². The highest BCUT2D eigenvalue weighted by Gasteiger charge is 2.13. The van der Waals surface area contributed by atoms with Gasteiger partial charge in [0.1, 0.15) is 23.0 Å². The average molecular weight is 399 g/mol. The number of aryl methyl sites for hydroxylation is 1. The molecule has 8 heteroatoms. The second-order valence-corrected chi connectivity index (χ2v) is 6.35. The van der Waals surface area contributed by atoms with E-state index in [1.165, 1.54) is 19.5 Å². The number of nitrogens with zero attached hydrogens (tertiary/aromatic N) is 2. The summed E-state index contributed by atoms with van der Waals surface area (Å²) in [5.41, 5.74) is 2.44. The Balaban J connectivity index is 1.75. The monoisotopic (exact) mass is 398 g/mol. The number of rotatable bonds is 6. The first-order valence-electron chi connectivity index (χ1n) is 8.38. The molecule has 0 spiro atoms. The van der Waals surface area contributed by atoms with Crippen LogP contribution in [0.2, 0.25) is 5.02 Å². The van der Waals surface area contributed by atoms with Gasteiger partial charge in [-0.15, -0.1) is 0 Å². The first-order chi connectivity index (χ1) is 13.5. The van der Waals surface area contributed by atoms with Crippen molar-refractivity contribution in [2.24, 2.45) is 0 Å². The van der Waals surface area contributed by atoms with Crippen molar-refractivity contribution < 1.29 is 14.3 Å². The van der Waals surface area contributed by atoms with Crippen LogP contribution in [0.25, 0.3) is 0 Å². The van der Waals surface area contributed by atoms with Crippen molar-refractivity contribution in [3.8, 4) is 11.5 Å². The minimum atomic E-state index is -0.423. The summed E-state index contributed by atoms with van der Waals surface area (Å²) in [6.45, 7) is 1.98. The van der Waals surface area contributed by atoms with Crippen LogP contribution >= 0.6 is 11.6 Å². The van der Waals surface area contributed by atoms with Gasteiger partial charge in [0.15, 0.2) is 0 Å². The molecule has 0 fully saturated rings. The average Bonchev–Trinajstić information content (AvgIpc) is 2.69. The Morgan fingerprint density at radius 1 is 0.964 bits per heavy atom. The summed E-state index contributed by atoms with van der Waals surface area (Å²) in [4.78, 5) is 20.9. The van der Waals surface area contributed by atoms with Crippen molar-refractivity contribution in [3.05, 3.63) is 65.1 Å². The smallest absolute Gasteiger partial charge is 0.275 e. The van der Waals surface area contributed by atoms with Crippen molar-refractivity contribution in [3.63, 3.8) is 0 Å². The van der Waals surface area contributed by atoms with Gasteiger partial charge in [-0.25, -0.2) is 9.97 Å². The summed E-state index contributed by atoms with van der Waals surface area (Å²) in [5, 5.41) is 6.34. The summed E-state index contributed by atoms with van der Waals surface area (Å²) < 4.78 is 10.6. The molecule has 2 N–H and O–H groups in total. The molecule has 0 aliphatic carbocycles. The lowest BCUT2D eigenvalue weighted by Crippen LogP contribution is -2.15. The van der Waals surface area contributed by atoms with Crippen molar-refractivity contribution in [1.82, 2.24) is 9.97 Å². The molecule has 0 bridgehead atoms. The lowest BCUT2D eigenvalue weighted by molar-refractivity contribution is 0.102. The maximum atomic E-state index is 12.5. The lowest BCUT2D eigenvalue weighted by atomic mass is 10.2. The van der Waals surface area contributed by atoms with Crippen molar-refractivity contribution >= 4 is 34.7 Å². The molecule has 0 saturated carbocycles. The quantitative estimate of drug-likeness (QED) is 0.638. The van der Waals surface area contributed by atoms with Crippen LogP contribution in [0.15, 0.2) is 48.8 Å². The van der Waals surface area contributed by atoms with Gasteiger partial charge in [0, 0.05) is 5.02 Å². The summed E-state index contributed by atoms with van der Waals surface area (Å²) in [5.74, 6) is 1.24. The van der Waals surface area contributed by atoms with Crippen LogP contribution in [0.3, 0.4) is 0 Å². The van der Waals surface area contributed by atoms with Gasteiger partial charge in [0.05, 0.1) is 38.0 Å². The van der Waals surface area contributed by atoms with E-state index in [0.717, 1.165) is 11.3 Å². The number of amides is 1. The largest absolute Gasteiger partial charge is 0.495 e. The third-order valence-electron chi connectivity index (χ3n) is 3.91. The number of carbonyl (C=O) groups is 1. The fourth-order valence-electron chi connectivity index (χ4n) is 2.53. The fraction of sp³-hybridized carbons (Fsp3) is 0.150. The van der Waals surface area contributed by atoms with E-state index in [1.807, 2.05) is 25.1 Å². The molecular weight excluding hydrogens is 380 g/mol. The zero-order valence-corrected chi connectivity index (χ0v) is 16.4. The van der Waals surface area contributed by atoms with Crippen LogP contribution in [0.1, 0.15) is 16.1 Å². The highest BCUT2D eigenvalue weighted by atomic mass is 35.5. The molecule has 0 unspecified atom stereocenters. The Morgan fingerprint density at radius 2 is 1.68 bits per heavy atom. The van der Waals surface area contributed by atoms with Crippen molar-refractivity contribution in [2.75, 3.05) is 24.9 Å². The molecular formula is C20H19ClN4O3. The first-order valence-corrected chi connectivity index (χ1v) is 8.76. The maximum Gasteiger partial charge on any atom is 0.275 e. The van der Waals surface area contributed by atoms with E-state index in [2.05, 4.69) is 20.6 Å². The SMILES string of the molecule is COc1ccc(Cl)cc1NC(=O)c1cnc(Nc2cc(C)ccc2OC)cn1. The minimum absolute atomic E-state index is 0.156. The fourth-order valence-corrected chi connectivity index (χ4v) is 2.70. The molecule has 7 nitrogen and oxygen atoms in total. The number of ether oxygens (including phenoxy) is 2.